The molecule has 0 aromatic heterocycles. The lowest BCUT2D eigenvalue weighted by molar-refractivity contribution is -0.0163. The summed E-state index contributed by atoms with van der Waals surface area (Å²) >= 11 is 5.84. The minimum Gasteiger partial charge on any atom is -0.492 e. The van der Waals surface area contributed by atoms with E-state index in [1.54, 1.807) is 0 Å². The summed E-state index contributed by atoms with van der Waals surface area (Å²) in [5, 5.41) is 14.5. The summed E-state index contributed by atoms with van der Waals surface area (Å²) in [7, 11) is 0. The van der Waals surface area contributed by atoms with Crippen LogP contribution in [-0.4, -0.2) is 54.9 Å². The van der Waals surface area contributed by atoms with Gasteiger partial charge < -0.3 is 15.2 Å². The topological polar surface area (TPSA) is 44.7 Å². The molecule has 1 fully saturated rings. The molecule has 118 valence electrons. The molecule has 0 aliphatic carbocycles. The molecule has 0 radical (unpaired) electrons. The summed E-state index contributed by atoms with van der Waals surface area (Å²) in [4.78, 5) is 2.24. The van der Waals surface area contributed by atoms with Crippen LogP contribution in [0.4, 0.5) is 0 Å². The van der Waals surface area contributed by atoms with Gasteiger partial charge in [-0.3, -0.25) is 4.90 Å². The van der Waals surface area contributed by atoms with Crippen LogP contribution in [-0.2, 0) is 0 Å². The van der Waals surface area contributed by atoms with Crippen LogP contribution < -0.4 is 10.1 Å². The maximum Gasteiger partial charge on any atom is 0.119 e. The predicted octanol–water partition coefficient (Wildman–Crippen LogP) is 2.16. The minimum absolute atomic E-state index is 0.603. The minimum atomic E-state index is -0.603. The fraction of sp³-hybridized carbons (Fsp3) is 0.625. The van der Waals surface area contributed by atoms with Gasteiger partial charge >= 0.3 is 0 Å². The number of aliphatic hydroxyl groups is 1. The molecule has 0 amide bonds. The van der Waals surface area contributed by atoms with Gasteiger partial charge in [-0.05, 0) is 50.2 Å². The van der Waals surface area contributed by atoms with Gasteiger partial charge in [-0.25, -0.2) is 0 Å². The van der Waals surface area contributed by atoms with Crippen LogP contribution in [0.3, 0.4) is 0 Å². The molecule has 0 saturated carbocycles. The highest BCUT2D eigenvalue weighted by Gasteiger charge is 2.30. The number of likely N-dealkylation sites (N-methyl/N-ethyl adjacent to an activating group) is 1. The Morgan fingerprint density at radius 3 is 2.76 bits per heavy atom. The maximum atomic E-state index is 10.6. The van der Waals surface area contributed by atoms with Crippen LogP contribution in [0.15, 0.2) is 24.3 Å². The summed E-state index contributed by atoms with van der Waals surface area (Å²) in [6.45, 7) is 6.82. The number of piperidine rings is 1. The van der Waals surface area contributed by atoms with Gasteiger partial charge in [-0.1, -0.05) is 18.5 Å². The second-order valence-electron chi connectivity index (χ2n) is 5.68. The van der Waals surface area contributed by atoms with Gasteiger partial charge in [0.05, 0.1) is 5.60 Å². The van der Waals surface area contributed by atoms with Gasteiger partial charge in [0.1, 0.15) is 12.4 Å². The molecule has 21 heavy (non-hydrogen) atoms. The van der Waals surface area contributed by atoms with Crippen molar-refractivity contribution >= 4 is 11.6 Å². The number of ether oxygens (including phenoxy) is 1. The van der Waals surface area contributed by atoms with Crippen LogP contribution in [0.2, 0.25) is 5.02 Å². The van der Waals surface area contributed by atoms with E-state index in [0.29, 0.717) is 24.7 Å². The monoisotopic (exact) mass is 312 g/mol. The molecular weight excluding hydrogens is 288 g/mol. The van der Waals surface area contributed by atoms with Crippen molar-refractivity contribution in [3.8, 4) is 5.75 Å². The zero-order chi connectivity index (χ0) is 15.1. The second-order valence-corrected chi connectivity index (χ2v) is 6.11. The van der Waals surface area contributed by atoms with Crippen LogP contribution >= 0.6 is 11.6 Å². The number of halogens is 1. The number of hydrogen-bond donors (Lipinski definition) is 2. The normalized spacial score (nSPS) is 22.5. The van der Waals surface area contributed by atoms with E-state index in [9.17, 15) is 5.11 Å². The molecule has 1 atom stereocenters. The van der Waals surface area contributed by atoms with Crippen molar-refractivity contribution in [3.63, 3.8) is 0 Å². The third kappa shape index (κ3) is 5.47. The van der Waals surface area contributed by atoms with E-state index in [-0.39, 0.29) is 0 Å². The zero-order valence-electron chi connectivity index (χ0n) is 12.6. The zero-order valence-corrected chi connectivity index (χ0v) is 13.4. The predicted molar refractivity (Wildman–Crippen MR) is 86.1 cm³/mol. The van der Waals surface area contributed by atoms with E-state index < -0.39 is 5.60 Å². The van der Waals surface area contributed by atoms with Gasteiger partial charge in [0.25, 0.3) is 0 Å². The Balaban J connectivity index is 1.75. The third-order valence-electron chi connectivity index (χ3n) is 3.90. The van der Waals surface area contributed by atoms with Crippen LogP contribution in [0.25, 0.3) is 0 Å². The van der Waals surface area contributed by atoms with Gasteiger partial charge in [-0.15, -0.1) is 0 Å². The highest BCUT2D eigenvalue weighted by atomic mass is 35.5. The standard InChI is InChI=1S/C16H25ClN2O2/c1-2-19(13-16(20)8-3-9-18-12-16)10-11-21-15-6-4-14(17)5-7-15/h4-7,18,20H,2-3,8-13H2,1H3/t16-/m0/s1. The van der Waals surface area contributed by atoms with Crippen molar-refractivity contribution < 1.29 is 9.84 Å². The summed E-state index contributed by atoms with van der Waals surface area (Å²) in [5.74, 6) is 0.827. The summed E-state index contributed by atoms with van der Waals surface area (Å²) < 4.78 is 5.72. The lowest BCUT2D eigenvalue weighted by atomic mass is 9.93. The van der Waals surface area contributed by atoms with E-state index >= 15 is 0 Å². The number of nitrogens with one attached hydrogen (secondary N) is 1. The molecule has 0 bridgehead atoms. The second kappa shape index (κ2) is 7.99. The first kappa shape index (κ1) is 16.6. The summed E-state index contributed by atoms with van der Waals surface area (Å²) in [6, 6.07) is 7.39. The number of benzene rings is 1. The summed E-state index contributed by atoms with van der Waals surface area (Å²) in [6.07, 6.45) is 1.91. The van der Waals surface area contributed by atoms with Crippen molar-refractivity contribution in [2.24, 2.45) is 0 Å². The molecule has 1 aliphatic heterocycles. The molecule has 1 aromatic rings. The Morgan fingerprint density at radius 2 is 2.14 bits per heavy atom. The van der Waals surface area contributed by atoms with E-state index in [1.165, 1.54) is 0 Å². The van der Waals surface area contributed by atoms with Crippen molar-refractivity contribution in [1.29, 1.82) is 0 Å². The summed E-state index contributed by atoms with van der Waals surface area (Å²) in [5.41, 5.74) is -0.603. The molecule has 5 heteroatoms. The number of rotatable bonds is 7. The van der Waals surface area contributed by atoms with E-state index in [4.69, 9.17) is 16.3 Å². The van der Waals surface area contributed by atoms with Crippen molar-refractivity contribution in [1.82, 2.24) is 10.2 Å². The van der Waals surface area contributed by atoms with Gasteiger partial charge in [0.15, 0.2) is 0 Å². The maximum absolute atomic E-state index is 10.6. The van der Waals surface area contributed by atoms with Crippen molar-refractivity contribution in [3.05, 3.63) is 29.3 Å². The van der Waals surface area contributed by atoms with Crippen LogP contribution in [0.5, 0.6) is 5.75 Å². The Hall–Kier alpha value is -0.810. The number of nitrogens with zero attached hydrogens (tertiary/aromatic N) is 1. The highest BCUT2D eigenvalue weighted by molar-refractivity contribution is 6.30. The fourth-order valence-corrected chi connectivity index (χ4v) is 2.80. The number of β-amino-alcohol motifs (C(OH)–C–C–N with tert-alkyl or cyclic N) is 1. The molecule has 1 aliphatic rings. The lowest BCUT2D eigenvalue weighted by Gasteiger charge is -2.37. The Labute approximate surface area is 132 Å². The molecule has 2 rings (SSSR count). The van der Waals surface area contributed by atoms with E-state index in [0.717, 1.165) is 38.2 Å². The first-order valence-corrected chi connectivity index (χ1v) is 8.03. The van der Waals surface area contributed by atoms with Crippen LogP contribution in [0.1, 0.15) is 19.8 Å². The third-order valence-corrected chi connectivity index (χ3v) is 4.16. The highest BCUT2D eigenvalue weighted by Crippen LogP contribution is 2.18. The largest absolute Gasteiger partial charge is 0.492 e. The van der Waals surface area contributed by atoms with Crippen molar-refractivity contribution in [2.45, 2.75) is 25.4 Å². The lowest BCUT2D eigenvalue weighted by Crippen LogP contribution is -2.53. The van der Waals surface area contributed by atoms with Gasteiger partial charge in [-0.2, -0.15) is 0 Å². The molecular formula is C16H25ClN2O2. The SMILES string of the molecule is CCN(CCOc1ccc(Cl)cc1)C[C@]1(O)CCCNC1. The first-order valence-electron chi connectivity index (χ1n) is 7.65. The van der Waals surface area contributed by atoms with Gasteiger partial charge in [0.2, 0.25) is 0 Å². The molecule has 0 unspecified atom stereocenters. The van der Waals surface area contributed by atoms with Crippen LogP contribution in [0, 0.1) is 0 Å². The molecule has 1 aromatic carbocycles. The van der Waals surface area contributed by atoms with Crippen molar-refractivity contribution in [2.75, 3.05) is 39.3 Å². The molecule has 4 nitrogen and oxygen atoms in total. The first-order chi connectivity index (χ1) is 10.1. The van der Waals surface area contributed by atoms with E-state index in [2.05, 4.69) is 17.1 Å². The average Bonchev–Trinajstić information content (AvgIpc) is 2.49. The fourth-order valence-electron chi connectivity index (χ4n) is 2.68. The Morgan fingerprint density at radius 1 is 1.38 bits per heavy atom. The molecule has 1 heterocycles. The molecule has 1 saturated heterocycles. The smallest absolute Gasteiger partial charge is 0.119 e. The van der Waals surface area contributed by atoms with Gasteiger partial charge in [0, 0.05) is 24.7 Å². The number of hydrogen-bond acceptors (Lipinski definition) is 4. The average molecular weight is 313 g/mol. The van der Waals surface area contributed by atoms with E-state index in [1.807, 2.05) is 24.3 Å². The Kier molecular flexibility index (Phi) is 6.30. The quantitative estimate of drug-likeness (QED) is 0.810. The Bertz CT molecular complexity index is 419. The molecule has 0 spiro atoms. The molecule has 2 N–H and O–H groups in total.